The summed E-state index contributed by atoms with van der Waals surface area (Å²) in [4.78, 5) is 6.70. The molecule has 2 aliphatic rings. The van der Waals surface area contributed by atoms with Gasteiger partial charge in [0, 0.05) is 12.1 Å². The highest BCUT2D eigenvalue weighted by Crippen LogP contribution is 2.47. The first-order chi connectivity index (χ1) is 9.79. The van der Waals surface area contributed by atoms with Crippen molar-refractivity contribution < 1.29 is 8.81 Å². The van der Waals surface area contributed by atoms with Crippen molar-refractivity contribution in [1.82, 2.24) is 4.90 Å². The molecule has 4 rings (SSSR count). The van der Waals surface area contributed by atoms with E-state index in [-0.39, 0.29) is 5.82 Å². The minimum atomic E-state index is -0.246. The van der Waals surface area contributed by atoms with Gasteiger partial charge in [0.05, 0.1) is 28.1 Å². The maximum atomic E-state index is 13.8. The van der Waals surface area contributed by atoms with Crippen molar-refractivity contribution >= 4 is 45.4 Å². The zero-order valence-corrected chi connectivity index (χ0v) is 12.4. The lowest BCUT2D eigenvalue weighted by Gasteiger charge is -2.17. The van der Waals surface area contributed by atoms with Crippen LogP contribution in [0.3, 0.4) is 0 Å². The van der Waals surface area contributed by atoms with Crippen LogP contribution in [0.15, 0.2) is 38.1 Å². The summed E-state index contributed by atoms with van der Waals surface area (Å²) in [6, 6.07) is 4.98. The van der Waals surface area contributed by atoms with E-state index >= 15 is 0 Å². The Morgan fingerprint density at radius 1 is 1.40 bits per heavy atom. The fourth-order valence-corrected chi connectivity index (χ4v) is 4.47. The molecular formula is C14H11FN2OS2. The second-order valence-corrected chi connectivity index (χ2v) is 6.57. The summed E-state index contributed by atoms with van der Waals surface area (Å²) in [5, 5.41) is 1.57. The predicted molar refractivity (Wildman–Crippen MR) is 83.2 cm³/mol. The molecule has 0 atom stereocenters. The molecule has 0 saturated heterocycles. The second kappa shape index (κ2) is 4.56. The van der Waals surface area contributed by atoms with Crippen LogP contribution in [0.5, 0.6) is 0 Å². The van der Waals surface area contributed by atoms with E-state index in [1.807, 2.05) is 6.26 Å². The smallest absolute Gasteiger partial charge is 0.169 e. The summed E-state index contributed by atoms with van der Waals surface area (Å²) < 4.78 is 20.5. The second-order valence-electron chi connectivity index (χ2n) is 4.52. The fourth-order valence-electron chi connectivity index (χ4n) is 2.57. The number of hydrogen-bond acceptors (Lipinski definition) is 5. The Labute approximate surface area is 123 Å². The molecule has 0 unspecified atom stereocenters. The normalized spacial score (nSPS) is 18.1. The van der Waals surface area contributed by atoms with Gasteiger partial charge < -0.3 is 9.32 Å². The first kappa shape index (κ1) is 12.3. The highest BCUT2D eigenvalue weighted by atomic mass is 32.2. The van der Waals surface area contributed by atoms with Crippen LogP contribution < -0.4 is 0 Å². The summed E-state index contributed by atoms with van der Waals surface area (Å²) in [7, 11) is 0. The molecule has 20 heavy (non-hydrogen) atoms. The average Bonchev–Trinajstić information content (AvgIpc) is 3.14. The monoisotopic (exact) mass is 306 g/mol. The molecule has 2 aliphatic heterocycles. The van der Waals surface area contributed by atoms with Gasteiger partial charge in [0.25, 0.3) is 0 Å². The Hall–Kier alpha value is -1.40. The van der Waals surface area contributed by atoms with Crippen molar-refractivity contribution in [2.75, 3.05) is 19.3 Å². The van der Waals surface area contributed by atoms with Gasteiger partial charge in [0.1, 0.15) is 11.4 Å². The van der Waals surface area contributed by atoms with E-state index in [2.05, 4.69) is 9.89 Å². The van der Waals surface area contributed by atoms with Crippen molar-refractivity contribution in [1.29, 1.82) is 0 Å². The fraction of sp³-hybridized carbons (Fsp3) is 0.214. The lowest BCUT2D eigenvalue weighted by molar-refractivity contribution is 0.603. The van der Waals surface area contributed by atoms with Crippen molar-refractivity contribution in [3.63, 3.8) is 0 Å². The number of rotatable bonds is 2. The Kier molecular flexibility index (Phi) is 2.82. The number of thioether (sulfide) groups is 2. The number of amidine groups is 1. The molecule has 0 saturated carbocycles. The molecule has 102 valence electrons. The SMILES string of the molecule is CSC1=C(c2ccc(F)c3ccoc23)N2CCN=C2S1. The van der Waals surface area contributed by atoms with Crippen LogP contribution in [0.2, 0.25) is 0 Å². The summed E-state index contributed by atoms with van der Waals surface area (Å²) >= 11 is 3.37. The van der Waals surface area contributed by atoms with Crippen molar-refractivity contribution in [3.05, 3.63) is 40.1 Å². The van der Waals surface area contributed by atoms with Crippen LogP contribution in [0, 0.1) is 5.82 Å². The third kappa shape index (κ3) is 1.64. The maximum Gasteiger partial charge on any atom is 0.169 e. The van der Waals surface area contributed by atoms with Crippen LogP contribution in [0.4, 0.5) is 4.39 Å². The molecule has 3 nitrogen and oxygen atoms in total. The number of aliphatic imine (C=N–C) groups is 1. The van der Waals surface area contributed by atoms with Crippen LogP contribution in [0.1, 0.15) is 5.56 Å². The zero-order valence-electron chi connectivity index (χ0n) is 10.7. The Morgan fingerprint density at radius 3 is 3.15 bits per heavy atom. The van der Waals surface area contributed by atoms with Gasteiger partial charge in [0.2, 0.25) is 0 Å². The molecule has 2 aromatic rings. The van der Waals surface area contributed by atoms with Gasteiger partial charge in [-0.2, -0.15) is 0 Å². The van der Waals surface area contributed by atoms with Gasteiger partial charge in [-0.05, 0) is 36.2 Å². The van der Waals surface area contributed by atoms with E-state index in [1.165, 1.54) is 16.6 Å². The topological polar surface area (TPSA) is 28.7 Å². The highest BCUT2D eigenvalue weighted by molar-refractivity contribution is 8.30. The largest absolute Gasteiger partial charge is 0.464 e. The molecular weight excluding hydrogens is 295 g/mol. The van der Waals surface area contributed by atoms with Gasteiger partial charge in [-0.1, -0.05) is 0 Å². The molecule has 1 aromatic carbocycles. The van der Waals surface area contributed by atoms with Crippen LogP contribution in [-0.2, 0) is 0 Å². The number of hydrogen-bond donors (Lipinski definition) is 0. The predicted octanol–water partition coefficient (Wildman–Crippen LogP) is 3.98. The third-order valence-electron chi connectivity index (χ3n) is 3.45. The molecule has 0 amide bonds. The number of benzene rings is 1. The maximum absolute atomic E-state index is 13.8. The van der Waals surface area contributed by atoms with Gasteiger partial charge >= 0.3 is 0 Å². The van der Waals surface area contributed by atoms with Crippen LogP contribution in [-0.4, -0.2) is 29.4 Å². The highest BCUT2D eigenvalue weighted by Gasteiger charge is 2.34. The Balaban J connectivity index is 1.96. The minimum Gasteiger partial charge on any atom is -0.464 e. The van der Waals surface area contributed by atoms with Gasteiger partial charge in [0.15, 0.2) is 5.17 Å². The quantitative estimate of drug-likeness (QED) is 0.839. The van der Waals surface area contributed by atoms with Gasteiger partial charge in [-0.25, -0.2) is 4.39 Å². The molecule has 6 heteroatoms. The number of furan rings is 1. The zero-order chi connectivity index (χ0) is 13.7. The minimum absolute atomic E-state index is 0.246. The number of fused-ring (bicyclic) bond motifs is 2. The Bertz CT molecular complexity index is 766. The molecule has 0 bridgehead atoms. The summed E-state index contributed by atoms with van der Waals surface area (Å²) in [6.07, 6.45) is 3.59. The van der Waals surface area contributed by atoms with Crippen molar-refractivity contribution in [2.45, 2.75) is 0 Å². The average molecular weight is 306 g/mol. The van der Waals surface area contributed by atoms with E-state index in [4.69, 9.17) is 4.42 Å². The standard InChI is InChI=1S/C14H11FN2OS2/c1-19-13-11(17-6-5-16-14(17)20-13)9-2-3-10(15)8-4-7-18-12(8)9/h2-4,7H,5-6H2,1H3. The first-order valence-corrected chi connectivity index (χ1v) is 8.28. The van der Waals surface area contributed by atoms with Crippen molar-refractivity contribution in [2.24, 2.45) is 4.99 Å². The number of nitrogens with zero attached hydrogens (tertiary/aromatic N) is 2. The molecule has 0 radical (unpaired) electrons. The Morgan fingerprint density at radius 2 is 2.30 bits per heavy atom. The summed E-state index contributed by atoms with van der Waals surface area (Å²) in [6.45, 7) is 1.69. The lowest BCUT2D eigenvalue weighted by Crippen LogP contribution is -2.20. The molecule has 3 heterocycles. The summed E-state index contributed by atoms with van der Waals surface area (Å²) in [5.41, 5.74) is 2.65. The van der Waals surface area contributed by atoms with Crippen LogP contribution >= 0.6 is 23.5 Å². The van der Waals surface area contributed by atoms with E-state index in [1.54, 1.807) is 35.7 Å². The van der Waals surface area contributed by atoms with Crippen molar-refractivity contribution in [3.8, 4) is 0 Å². The van der Waals surface area contributed by atoms with Gasteiger partial charge in [-0.15, -0.1) is 11.8 Å². The molecule has 0 spiro atoms. The molecule has 0 aliphatic carbocycles. The van der Waals surface area contributed by atoms with E-state index in [0.717, 1.165) is 29.5 Å². The molecule has 0 fully saturated rings. The first-order valence-electron chi connectivity index (χ1n) is 6.24. The summed E-state index contributed by atoms with van der Waals surface area (Å²) in [5.74, 6) is -0.246. The van der Waals surface area contributed by atoms with Crippen LogP contribution in [0.25, 0.3) is 16.7 Å². The lowest BCUT2D eigenvalue weighted by atomic mass is 10.1. The van der Waals surface area contributed by atoms with E-state index < -0.39 is 0 Å². The number of halogens is 1. The molecule has 1 aromatic heterocycles. The molecule has 0 N–H and O–H groups in total. The van der Waals surface area contributed by atoms with E-state index in [9.17, 15) is 4.39 Å². The van der Waals surface area contributed by atoms with E-state index in [0.29, 0.717) is 11.0 Å². The third-order valence-corrected chi connectivity index (χ3v) is 5.68. The van der Waals surface area contributed by atoms with Gasteiger partial charge in [-0.3, -0.25) is 4.99 Å².